The van der Waals surface area contributed by atoms with E-state index in [0.29, 0.717) is 18.6 Å². The van der Waals surface area contributed by atoms with Crippen molar-refractivity contribution in [2.75, 3.05) is 19.6 Å². The van der Waals surface area contributed by atoms with Gasteiger partial charge in [0.15, 0.2) is 0 Å². The van der Waals surface area contributed by atoms with Gasteiger partial charge in [-0.1, -0.05) is 30.3 Å². The lowest BCUT2D eigenvalue weighted by Gasteiger charge is -2.38. The van der Waals surface area contributed by atoms with Gasteiger partial charge in [-0.25, -0.2) is 0 Å². The molecule has 3 rings (SSSR count). The maximum Gasteiger partial charge on any atom is 0.416 e. The second-order valence-electron chi connectivity index (χ2n) is 7.70. The number of hydrogen-bond acceptors (Lipinski definition) is 2. The fourth-order valence-electron chi connectivity index (χ4n) is 3.98. The highest BCUT2D eigenvalue weighted by Crippen LogP contribution is 2.37. The highest BCUT2D eigenvalue weighted by atomic mass is 19.4. The number of alkyl halides is 6. The fraction of sp³-hybridized carbons (Fsp3) is 0.409. The minimum atomic E-state index is -5.00. The van der Waals surface area contributed by atoms with Gasteiger partial charge < -0.3 is 10.6 Å². The van der Waals surface area contributed by atoms with Gasteiger partial charge in [-0.05, 0) is 61.5 Å². The second-order valence-corrected chi connectivity index (χ2v) is 7.70. The summed E-state index contributed by atoms with van der Waals surface area (Å²) < 4.78 is 78.2. The largest absolute Gasteiger partial charge is 0.416 e. The average Bonchev–Trinajstić information content (AvgIpc) is 2.73. The van der Waals surface area contributed by atoms with Gasteiger partial charge in [-0.15, -0.1) is 0 Å². The van der Waals surface area contributed by atoms with E-state index in [-0.39, 0.29) is 18.0 Å². The van der Waals surface area contributed by atoms with Crippen LogP contribution in [0.3, 0.4) is 0 Å². The molecule has 1 fully saturated rings. The van der Waals surface area contributed by atoms with Crippen LogP contribution in [-0.2, 0) is 17.8 Å². The van der Waals surface area contributed by atoms with Crippen molar-refractivity contribution in [1.29, 1.82) is 0 Å². The normalized spacial score (nSPS) is 16.7. The topological polar surface area (TPSA) is 41.1 Å². The molecule has 1 aliphatic rings. The zero-order chi connectivity index (χ0) is 22.7. The Hall–Kier alpha value is -2.55. The summed E-state index contributed by atoms with van der Waals surface area (Å²) in [5, 5.41) is 5.78. The number of benzene rings is 2. The van der Waals surface area contributed by atoms with E-state index in [2.05, 4.69) is 10.6 Å². The lowest BCUT2D eigenvalue weighted by atomic mass is 9.71. The maximum atomic E-state index is 13.0. The van der Waals surface area contributed by atoms with Crippen LogP contribution in [0.1, 0.15) is 46.3 Å². The summed E-state index contributed by atoms with van der Waals surface area (Å²) in [5.74, 6) is -0.964. The van der Waals surface area contributed by atoms with E-state index >= 15 is 0 Å². The van der Waals surface area contributed by atoms with Crippen molar-refractivity contribution in [3.8, 4) is 0 Å². The minimum Gasteiger partial charge on any atom is -0.352 e. The number of halogens is 6. The Kier molecular flexibility index (Phi) is 6.64. The van der Waals surface area contributed by atoms with Crippen molar-refractivity contribution >= 4 is 5.91 Å². The smallest absolute Gasteiger partial charge is 0.352 e. The number of piperidine rings is 1. The zero-order valence-electron chi connectivity index (χ0n) is 16.5. The van der Waals surface area contributed by atoms with Crippen LogP contribution in [0, 0.1) is 0 Å². The maximum absolute atomic E-state index is 13.0. The summed E-state index contributed by atoms with van der Waals surface area (Å²) in [7, 11) is 0. The molecule has 1 heterocycles. The van der Waals surface area contributed by atoms with E-state index in [1.54, 1.807) is 0 Å². The van der Waals surface area contributed by atoms with E-state index in [9.17, 15) is 31.1 Å². The highest BCUT2D eigenvalue weighted by Gasteiger charge is 2.38. The molecule has 0 aromatic heterocycles. The summed E-state index contributed by atoms with van der Waals surface area (Å²) in [6.45, 7) is 1.70. The first kappa shape index (κ1) is 23.1. The second kappa shape index (κ2) is 8.90. The molecule has 31 heavy (non-hydrogen) atoms. The molecule has 2 N–H and O–H groups in total. The first-order chi connectivity index (χ1) is 14.5. The van der Waals surface area contributed by atoms with Crippen LogP contribution in [0.15, 0.2) is 48.5 Å². The fourth-order valence-corrected chi connectivity index (χ4v) is 3.98. The predicted molar refractivity (Wildman–Crippen MR) is 104 cm³/mol. The van der Waals surface area contributed by atoms with Crippen molar-refractivity contribution in [3.63, 3.8) is 0 Å². The van der Waals surface area contributed by atoms with Gasteiger partial charge in [0.05, 0.1) is 11.1 Å². The lowest BCUT2D eigenvalue weighted by Crippen LogP contribution is -2.42. The summed E-state index contributed by atoms with van der Waals surface area (Å²) >= 11 is 0. The highest BCUT2D eigenvalue weighted by molar-refractivity contribution is 5.94. The Morgan fingerprint density at radius 1 is 0.903 bits per heavy atom. The van der Waals surface area contributed by atoms with Gasteiger partial charge in [-0.3, -0.25) is 4.79 Å². The molecule has 0 unspecified atom stereocenters. The Morgan fingerprint density at radius 2 is 1.45 bits per heavy atom. The van der Waals surface area contributed by atoms with Crippen LogP contribution in [0.25, 0.3) is 0 Å². The number of amides is 1. The van der Waals surface area contributed by atoms with Crippen LogP contribution >= 0.6 is 0 Å². The van der Waals surface area contributed by atoms with Crippen molar-refractivity contribution in [1.82, 2.24) is 10.6 Å². The molecule has 0 radical (unpaired) electrons. The molecular weight excluding hydrogens is 422 g/mol. The SMILES string of the molecule is O=C(NCCC1(c2ccccc2)CCNCC1)c1cc(C(F)(F)F)cc(C(F)(F)F)c1. The van der Waals surface area contributed by atoms with Crippen molar-refractivity contribution in [2.45, 2.75) is 37.0 Å². The molecule has 1 saturated heterocycles. The molecule has 1 amide bonds. The molecule has 2 aromatic rings. The number of carbonyl (C=O) groups is 1. The molecule has 0 bridgehead atoms. The molecule has 0 spiro atoms. The molecule has 3 nitrogen and oxygen atoms in total. The van der Waals surface area contributed by atoms with E-state index in [0.717, 1.165) is 31.5 Å². The standard InChI is InChI=1S/C22H22F6N2O/c23-21(24,25)17-12-15(13-18(14-17)22(26,27)28)19(31)30-11-8-20(6-9-29-10-7-20)16-4-2-1-3-5-16/h1-5,12-14,29H,6-11H2,(H,30,31). The molecule has 168 valence electrons. The van der Waals surface area contributed by atoms with Gasteiger partial charge in [-0.2, -0.15) is 26.3 Å². The van der Waals surface area contributed by atoms with Gasteiger partial charge >= 0.3 is 12.4 Å². The van der Waals surface area contributed by atoms with Gasteiger partial charge in [0.25, 0.3) is 5.91 Å². The van der Waals surface area contributed by atoms with E-state index in [1.807, 2.05) is 30.3 Å². The van der Waals surface area contributed by atoms with Gasteiger partial charge in [0.1, 0.15) is 0 Å². The Morgan fingerprint density at radius 3 is 1.97 bits per heavy atom. The van der Waals surface area contributed by atoms with Crippen LogP contribution in [0.2, 0.25) is 0 Å². The predicted octanol–water partition coefficient (Wildman–Crippen LogP) is 5.17. The summed E-state index contributed by atoms with van der Waals surface area (Å²) in [5.41, 5.74) is -2.80. The molecule has 0 atom stereocenters. The Bertz CT molecular complexity index is 870. The Balaban J connectivity index is 1.77. The average molecular weight is 444 g/mol. The zero-order valence-corrected chi connectivity index (χ0v) is 16.5. The molecular formula is C22H22F6N2O. The molecule has 1 aliphatic heterocycles. The molecule has 2 aromatic carbocycles. The van der Waals surface area contributed by atoms with Crippen LogP contribution < -0.4 is 10.6 Å². The van der Waals surface area contributed by atoms with E-state index in [4.69, 9.17) is 0 Å². The van der Waals surface area contributed by atoms with Gasteiger partial charge in [0.2, 0.25) is 0 Å². The van der Waals surface area contributed by atoms with E-state index < -0.39 is 35.0 Å². The first-order valence-electron chi connectivity index (χ1n) is 9.85. The van der Waals surface area contributed by atoms with Crippen LogP contribution in [0.5, 0.6) is 0 Å². The third-order valence-corrected chi connectivity index (χ3v) is 5.69. The third-order valence-electron chi connectivity index (χ3n) is 5.69. The molecule has 9 heteroatoms. The molecule has 0 saturated carbocycles. The number of carbonyl (C=O) groups excluding carboxylic acids is 1. The quantitative estimate of drug-likeness (QED) is 0.626. The Labute approximate surface area is 175 Å². The number of rotatable bonds is 5. The van der Waals surface area contributed by atoms with Crippen molar-refractivity contribution in [3.05, 3.63) is 70.8 Å². The molecule has 0 aliphatic carbocycles. The third kappa shape index (κ3) is 5.58. The van der Waals surface area contributed by atoms with Gasteiger partial charge in [0, 0.05) is 12.1 Å². The number of hydrogen-bond donors (Lipinski definition) is 2. The monoisotopic (exact) mass is 444 g/mol. The summed E-state index contributed by atoms with van der Waals surface area (Å²) in [6.07, 6.45) is -7.84. The first-order valence-corrected chi connectivity index (χ1v) is 9.85. The summed E-state index contributed by atoms with van der Waals surface area (Å²) in [4.78, 5) is 12.4. The summed E-state index contributed by atoms with van der Waals surface area (Å²) in [6, 6.07) is 10.6. The number of nitrogens with one attached hydrogen (secondary N) is 2. The van der Waals surface area contributed by atoms with Crippen LogP contribution in [-0.4, -0.2) is 25.5 Å². The lowest BCUT2D eigenvalue weighted by molar-refractivity contribution is -0.143. The van der Waals surface area contributed by atoms with E-state index in [1.165, 1.54) is 0 Å². The van der Waals surface area contributed by atoms with Crippen LogP contribution in [0.4, 0.5) is 26.3 Å². The van der Waals surface area contributed by atoms with Crippen molar-refractivity contribution < 1.29 is 31.1 Å². The van der Waals surface area contributed by atoms with Crippen molar-refractivity contribution in [2.24, 2.45) is 0 Å². The minimum absolute atomic E-state index is 0.0101.